The van der Waals surface area contributed by atoms with Crippen LogP contribution in [-0.2, 0) is 0 Å². The summed E-state index contributed by atoms with van der Waals surface area (Å²) < 4.78 is 0. The van der Waals surface area contributed by atoms with Gasteiger partial charge in [-0.25, -0.2) is 9.97 Å². The van der Waals surface area contributed by atoms with Gasteiger partial charge in [0.15, 0.2) is 5.82 Å². The molecule has 1 unspecified atom stereocenters. The summed E-state index contributed by atoms with van der Waals surface area (Å²) in [5.74, 6) is 1.36. The lowest BCUT2D eigenvalue weighted by molar-refractivity contribution is 0.878. The van der Waals surface area contributed by atoms with E-state index >= 15 is 0 Å². The highest BCUT2D eigenvalue weighted by Crippen LogP contribution is 2.24. The highest BCUT2D eigenvalue weighted by molar-refractivity contribution is 7.08. The Morgan fingerprint density at radius 1 is 1.14 bits per heavy atom. The van der Waals surface area contributed by atoms with Crippen molar-refractivity contribution in [3.63, 3.8) is 0 Å². The molecule has 2 heterocycles. The molecule has 0 spiro atoms. The number of anilines is 1. The Morgan fingerprint density at radius 3 is 2.67 bits per heavy atom. The second-order valence-corrected chi connectivity index (χ2v) is 5.86. The Kier molecular flexibility index (Phi) is 4.18. The first kappa shape index (κ1) is 14.0. The zero-order chi connectivity index (χ0) is 14.7. The van der Waals surface area contributed by atoms with Crippen LogP contribution in [0.5, 0.6) is 0 Å². The molecule has 0 aliphatic heterocycles. The van der Waals surface area contributed by atoms with Crippen LogP contribution >= 0.6 is 22.9 Å². The van der Waals surface area contributed by atoms with E-state index in [2.05, 4.69) is 39.0 Å². The Hall–Kier alpha value is -1.91. The van der Waals surface area contributed by atoms with Gasteiger partial charge in [-0.3, -0.25) is 0 Å². The third kappa shape index (κ3) is 3.40. The molecule has 0 saturated heterocycles. The lowest BCUT2D eigenvalue weighted by atomic mass is 10.2. The van der Waals surface area contributed by atoms with Crippen LogP contribution in [0.15, 0.2) is 53.2 Å². The first-order valence-corrected chi connectivity index (χ1v) is 7.93. The summed E-state index contributed by atoms with van der Waals surface area (Å²) in [5.41, 5.74) is 2.18. The van der Waals surface area contributed by atoms with Crippen molar-refractivity contribution in [3.05, 3.63) is 63.9 Å². The van der Waals surface area contributed by atoms with Crippen molar-refractivity contribution < 1.29 is 0 Å². The molecule has 3 nitrogen and oxygen atoms in total. The number of aromatic nitrogens is 2. The van der Waals surface area contributed by atoms with Crippen molar-refractivity contribution >= 4 is 28.8 Å². The van der Waals surface area contributed by atoms with Gasteiger partial charge in [0.2, 0.25) is 0 Å². The fourth-order valence-electron chi connectivity index (χ4n) is 2.03. The number of halogens is 1. The van der Waals surface area contributed by atoms with E-state index in [0.717, 1.165) is 11.4 Å². The molecule has 1 atom stereocenters. The number of hydrogen-bond acceptors (Lipinski definition) is 4. The molecule has 5 heteroatoms. The molecule has 2 aromatic heterocycles. The summed E-state index contributed by atoms with van der Waals surface area (Å²) in [6, 6.07) is 13.8. The summed E-state index contributed by atoms with van der Waals surface area (Å²) >= 11 is 7.80. The summed E-state index contributed by atoms with van der Waals surface area (Å²) in [6.45, 7) is 2.10. The van der Waals surface area contributed by atoms with Crippen molar-refractivity contribution in [2.24, 2.45) is 0 Å². The topological polar surface area (TPSA) is 37.8 Å². The van der Waals surface area contributed by atoms with E-state index in [4.69, 9.17) is 11.6 Å². The second kappa shape index (κ2) is 6.24. The molecule has 0 saturated carbocycles. The van der Waals surface area contributed by atoms with Gasteiger partial charge in [-0.1, -0.05) is 41.9 Å². The predicted octanol–water partition coefficient (Wildman–Crippen LogP) is 5.03. The van der Waals surface area contributed by atoms with E-state index in [1.54, 1.807) is 17.4 Å². The molecule has 3 rings (SSSR count). The molecule has 3 aromatic rings. The molecule has 0 fully saturated rings. The minimum atomic E-state index is 0.172. The lowest BCUT2D eigenvalue weighted by Crippen LogP contribution is -2.08. The van der Waals surface area contributed by atoms with Gasteiger partial charge in [0.1, 0.15) is 11.0 Å². The number of nitrogens with zero attached hydrogens (tertiary/aromatic N) is 2. The van der Waals surface area contributed by atoms with Crippen LogP contribution in [0, 0.1) is 0 Å². The molecule has 21 heavy (non-hydrogen) atoms. The van der Waals surface area contributed by atoms with Gasteiger partial charge in [-0.05, 0) is 29.3 Å². The van der Waals surface area contributed by atoms with Gasteiger partial charge in [0.05, 0.1) is 6.04 Å². The number of nitrogens with one attached hydrogen (secondary N) is 1. The first-order chi connectivity index (χ1) is 10.2. The molecule has 1 N–H and O–H groups in total. The average molecular weight is 316 g/mol. The quantitative estimate of drug-likeness (QED) is 0.686. The van der Waals surface area contributed by atoms with Crippen molar-refractivity contribution in [3.8, 4) is 11.4 Å². The fourth-order valence-corrected chi connectivity index (χ4v) is 2.97. The van der Waals surface area contributed by atoms with Crippen LogP contribution in [0.2, 0.25) is 5.15 Å². The molecule has 1 aromatic carbocycles. The monoisotopic (exact) mass is 315 g/mol. The molecule has 0 aliphatic carbocycles. The third-order valence-electron chi connectivity index (χ3n) is 3.13. The molecule has 106 valence electrons. The molecule has 0 aliphatic rings. The van der Waals surface area contributed by atoms with Crippen molar-refractivity contribution in [1.29, 1.82) is 0 Å². The Morgan fingerprint density at radius 2 is 1.95 bits per heavy atom. The van der Waals surface area contributed by atoms with Gasteiger partial charge >= 0.3 is 0 Å². The maximum absolute atomic E-state index is 6.12. The Labute approximate surface area is 132 Å². The fraction of sp³-hybridized carbons (Fsp3) is 0.125. The SMILES string of the molecule is CC(Nc1cc(Cl)nc(-c2ccccc2)n1)c1ccsc1. The Bertz CT molecular complexity index is 714. The molecule has 0 bridgehead atoms. The van der Waals surface area contributed by atoms with Crippen LogP contribution in [0.4, 0.5) is 5.82 Å². The van der Waals surface area contributed by atoms with Crippen LogP contribution in [0.1, 0.15) is 18.5 Å². The largest absolute Gasteiger partial charge is 0.363 e. The van der Waals surface area contributed by atoms with Crippen molar-refractivity contribution in [2.45, 2.75) is 13.0 Å². The molecule has 0 amide bonds. The molecule has 0 radical (unpaired) electrons. The van der Waals surface area contributed by atoms with Gasteiger partial charge in [-0.15, -0.1) is 0 Å². The zero-order valence-corrected chi connectivity index (χ0v) is 13.0. The number of rotatable bonds is 4. The predicted molar refractivity (Wildman–Crippen MR) is 88.8 cm³/mol. The maximum atomic E-state index is 6.12. The highest BCUT2D eigenvalue weighted by atomic mass is 35.5. The van der Waals surface area contributed by atoms with Crippen LogP contribution in [0.25, 0.3) is 11.4 Å². The average Bonchev–Trinajstić information content (AvgIpc) is 3.02. The highest BCUT2D eigenvalue weighted by Gasteiger charge is 2.10. The van der Waals surface area contributed by atoms with Gasteiger partial charge in [-0.2, -0.15) is 11.3 Å². The van der Waals surface area contributed by atoms with Crippen molar-refractivity contribution in [2.75, 3.05) is 5.32 Å². The van der Waals surface area contributed by atoms with Gasteiger partial charge < -0.3 is 5.32 Å². The van der Waals surface area contributed by atoms with E-state index in [9.17, 15) is 0 Å². The van der Waals surface area contributed by atoms with E-state index < -0.39 is 0 Å². The van der Waals surface area contributed by atoms with Crippen molar-refractivity contribution in [1.82, 2.24) is 9.97 Å². The van der Waals surface area contributed by atoms with E-state index in [0.29, 0.717) is 11.0 Å². The number of benzene rings is 1. The van der Waals surface area contributed by atoms with E-state index in [1.165, 1.54) is 5.56 Å². The maximum Gasteiger partial charge on any atom is 0.163 e. The number of hydrogen-bond donors (Lipinski definition) is 1. The van der Waals surface area contributed by atoms with Crippen LogP contribution < -0.4 is 5.32 Å². The van der Waals surface area contributed by atoms with Crippen LogP contribution in [-0.4, -0.2) is 9.97 Å². The van der Waals surface area contributed by atoms with Crippen LogP contribution in [0.3, 0.4) is 0 Å². The first-order valence-electron chi connectivity index (χ1n) is 6.61. The second-order valence-electron chi connectivity index (χ2n) is 4.69. The normalized spacial score (nSPS) is 12.1. The van der Waals surface area contributed by atoms with E-state index in [1.807, 2.05) is 30.3 Å². The number of thiophene rings is 1. The minimum absolute atomic E-state index is 0.172. The molecular weight excluding hydrogens is 302 g/mol. The summed E-state index contributed by atoms with van der Waals surface area (Å²) in [4.78, 5) is 8.84. The van der Waals surface area contributed by atoms with Gasteiger partial charge in [0, 0.05) is 11.6 Å². The molecular formula is C16H14ClN3S. The minimum Gasteiger partial charge on any atom is -0.363 e. The summed E-state index contributed by atoms with van der Waals surface area (Å²) in [5, 5.41) is 7.99. The van der Waals surface area contributed by atoms with Gasteiger partial charge in [0.25, 0.3) is 0 Å². The smallest absolute Gasteiger partial charge is 0.163 e. The standard InChI is InChI=1S/C16H14ClN3S/c1-11(13-7-8-21-10-13)18-15-9-14(17)19-16(20-15)12-5-3-2-4-6-12/h2-11H,1H3,(H,18,19,20). The lowest BCUT2D eigenvalue weighted by Gasteiger charge is -2.14. The summed E-state index contributed by atoms with van der Waals surface area (Å²) in [6.07, 6.45) is 0. The Balaban J connectivity index is 1.88. The van der Waals surface area contributed by atoms with E-state index in [-0.39, 0.29) is 6.04 Å². The summed E-state index contributed by atoms with van der Waals surface area (Å²) in [7, 11) is 0. The third-order valence-corrected chi connectivity index (χ3v) is 4.03. The zero-order valence-electron chi connectivity index (χ0n) is 11.5.